The van der Waals surface area contributed by atoms with Crippen LogP contribution >= 0.6 is 0 Å². The number of carbonyl (C=O) groups excluding carboxylic acids is 1. The van der Waals surface area contributed by atoms with Crippen LogP contribution in [0.15, 0.2) is 23.3 Å². The van der Waals surface area contributed by atoms with Crippen LogP contribution in [0, 0.1) is 19.8 Å². The summed E-state index contributed by atoms with van der Waals surface area (Å²) < 4.78 is 46.2. The van der Waals surface area contributed by atoms with Crippen molar-refractivity contribution in [3.8, 4) is 5.75 Å². The summed E-state index contributed by atoms with van der Waals surface area (Å²) in [6, 6.07) is 5.14. The normalized spacial score (nSPS) is 25.7. The topological polar surface area (TPSA) is 62.1 Å². The Balaban J connectivity index is 1.80. The largest absolute Gasteiger partial charge is 0.484 e. The summed E-state index contributed by atoms with van der Waals surface area (Å²) in [6.07, 6.45) is -3.24. The monoisotopic (exact) mass is 370 g/mol. The van der Waals surface area contributed by atoms with Crippen molar-refractivity contribution >= 4 is 11.6 Å². The van der Waals surface area contributed by atoms with E-state index in [4.69, 9.17) is 4.74 Å². The van der Waals surface area contributed by atoms with Gasteiger partial charge in [-0.05, 0) is 56.4 Å². The number of aryl methyl sites for hydroxylation is 2. The number of hydrazone groups is 1. The van der Waals surface area contributed by atoms with Crippen molar-refractivity contribution in [1.82, 2.24) is 5.01 Å². The van der Waals surface area contributed by atoms with Crippen molar-refractivity contribution in [1.29, 1.82) is 0 Å². The summed E-state index contributed by atoms with van der Waals surface area (Å²) in [5.41, 5.74) is -1.10. The Bertz CT molecular complexity index is 748. The lowest BCUT2D eigenvalue weighted by Crippen LogP contribution is -2.62. The van der Waals surface area contributed by atoms with Gasteiger partial charge in [0.05, 0.1) is 5.92 Å². The molecule has 1 aliphatic heterocycles. The van der Waals surface area contributed by atoms with E-state index in [9.17, 15) is 23.1 Å². The number of aliphatic hydroxyl groups is 1. The summed E-state index contributed by atoms with van der Waals surface area (Å²) in [5.74, 6) is -1.85. The zero-order chi connectivity index (χ0) is 19.1. The van der Waals surface area contributed by atoms with Crippen LogP contribution in [0.4, 0.5) is 13.2 Å². The summed E-state index contributed by atoms with van der Waals surface area (Å²) in [5, 5.41) is 14.4. The highest BCUT2D eigenvalue weighted by Crippen LogP contribution is 2.48. The molecule has 8 heteroatoms. The van der Waals surface area contributed by atoms with E-state index >= 15 is 0 Å². The van der Waals surface area contributed by atoms with Gasteiger partial charge < -0.3 is 9.84 Å². The van der Waals surface area contributed by atoms with Crippen LogP contribution in [-0.4, -0.2) is 40.2 Å². The number of nitrogens with zero attached hydrogens (tertiary/aromatic N) is 2. The molecule has 1 heterocycles. The van der Waals surface area contributed by atoms with Crippen LogP contribution in [0.5, 0.6) is 5.75 Å². The van der Waals surface area contributed by atoms with E-state index in [-0.39, 0.29) is 17.1 Å². The van der Waals surface area contributed by atoms with E-state index in [0.29, 0.717) is 25.0 Å². The van der Waals surface area contributed by atoms with Gasteiger partial charge in [-0.25, -0.2) is 0 Å². The molecule has 0 bridgehead atoms. The Morgan fingerprint density at radius 1 is 1.35 bits per heavy atom. The van der Waals surface area contributed by atoms with E-state index in [1.165, 1.54) is 0 Å². The summed E-state index contributed by atoms with van der Waals surface area (Å²) in [7, 11) is 0. The SMILES string of the molecule is Cc1ccc(OCC(=O)N2N=C3CCCC[C@H]3[C@@]2(O)C(F)(F)F)cc1C. The summed E-state index contributed by atoms with van der Waals surface area (Å²) in [6.45, 7) is 3.14. The van der Waals surface area contributed by atoms with Gasteiger partial charge in [0.1, 0.15) is 5.75 Å². The van der Waals surface area contributed by atoms with Crippen molar-refractivity contribution in [2.75, 3.05) is 6.61 Å². The Morgan fingerprint density at radius 3 is 2.73 bits per heavy atom. The number of amides is 1. The average Bonchev–Trinajstić information content (AvgIpc) is 2.90. The van der Waals surface area contributed by atoms with Gasteiger partial charge in [-0.15, -0.1) is 0 Å². The Morgan fingerprint density at radius 2 is 2.08 bits per heavy atom. The third-order valence-electron chi connectivity index (χ3n) is 5.11. The average molecular weight is 370 g/mol. The predicted molar refractivity (Wildman–Crippen MR) is 88.7 cm³/mol. The maximum Gasteiger partial charge on any atom is 0.439 e. The Hall–Kier alpha value is -2.09. The smallest absolute Gasteiger partial charge is 0.439 e. The number of hydrogen-bond donors (Lipinski definition) is 1. The van der Waals surface area contributed by atoms with Gasteiger partial charge in [-0.1, -0.05) is 12.5 Å². The molecule has 1 saturated carbocycles. The predicted octanol–water partition coefficient (Wildman–Crippen LogP) is 3.32. The number of carbonyl (C=O) groups is 1. The molecule has 1 aromatic rings. The first-order chi connectivity index (χ1) is 12.1. The standard InChI is InChI=1S/C18H21F3N2O3/c1-11-7-8-13(9-12(11)2)26-10-16(24)23-17(25,18(19,20)21)14-5-3-4-6-15(14)22-23/h7-9,14,25H,3-6,10H2,1-2H3/t14-,17-/m1/s1. The van der Waals surface area contributed by atoms with Gasteiger partial charge in [0.25, 0.3) is 11.6 Å². The molecular weight excluding hydrogens is 349 g/mol. The highest BCUT2D eigenvalue weighted by atomic mass is 19.4. The fourth-order valence-corrected chi connectivity index (χ4v) is 3.47. The fraction of sp³-hybridized carbons (Fsp3) is 0.556. The van der Waals surface area contributed by atoms with E-state index in [0.717, 1.165) is 11.1 Å². The van der Waals surface area contributed by atoms with Gasteiger partial charge in [0.15, 0.2) is 6.61 Å². The molecule has 1 amide bonds. The fourth-order valence-electron chi connectivity index (χ4n) is 3.47. The molecule has 1 fully saturated rings. The summed E-state index contributed by atoms with van der Waals surface area (Å²) >= 11 is 0. The van der Waals surface area contributed by atoms with Crippen molar-refractivity contribution in [2.24, 2.45) is 11.0 Å². The molecule has 142 valence electrons. The van der Waals surface area contributed by atoms with Crippen molar-refractivity contribution < 1.29 is 27.8 Å². The quantitative estimate of drug-likeness (QED) is 0.888. The molecule has 0 unspecified atom stereocenters. The molecule has 2 atom stereocenters. The Kier molecular flexibility index (Phi) is 4.72. The first-order valence-electron chi connectivity index (χ1n) is 8.54. The Labute approximate surface area is 149 Å². The third kappa shape index (κ3) is 3.06. The lowest BCUT2D eigenvalue weighted by atomic mass is 9.80. The highest BCUT2D eigenvalue weighted by Gasteiger charge is 2.68. The second kappa shape index (κ2) is 6.57. The number of alkyl halides is 3. The minimum absolute atomic E-state index is 0.149. The van der Waals surface area contributed by atoms with Crippen molar-refractivity contribution in [3.05, 3.63) is 29.3 Å². The van der Waals surface area contributed by atoms with E-state index in [1.807, 2.05) is 13.8 Å². The molecule has 1 aliphatic carbocycles. The second-order valence-electron chi connectivity index (χ2n) is 6.85. The lowest BCUT2D eigenvalue weighted by Gasteiger charge is -2.38. The second-order valence-corrected chi connectivity index (χ2v) is 6.85. The number of rotatable bonds is 3. The molecule has 1 N–H and O–H groups in total. The molecule has 1 aromatic carbocycles. The van der Waals surface area contributed by atoms with Gasteiger partial charge in [-0.2, -0.15) is 23.3 Å². The third-order valence-corrected chi connectivity index (χ3v) is 5.11. The first kappa shape index (κ1) is 18.7. The molecule has 0 saturated heterocycles. The first-order valence-corrected chi connectivity index (χ1v) is 8.54. The zero-order valence-electron chi connectivity index (χ0n) is 14.6. The minimum atomic E-state index is -5.00. The van der Waals surface area contributed by atoms with Gasteiger partial charge in [0.2, 0.25) is 0 Å². The van der Waals surface area contributed by atoms with Crippen LogP contribution in [-0.2, 0) is 4.79 Å². The molecule has 0 radical (unpaired) electrons. The lowest BCUT2D eigenvalue weighted by molar-refractivity contribution is -0.317. The maximum atomic E-state index is 13.6. The van der Waals surface area contributed by atoms with E-state index in [2.05, 4.69) is 5.10 Å². The minimum Gasteiger partial charge on any atom is -0.484 e. The highest BCUT2D eigenvalue weighted by molar-refractivity contribution is 5.93. The molecule has 0 spiro atoms. The molecule has 5 nitrogen and oxygen atoms in total. The molecule has 0 aromatic heterocycles. The molecule has 2 aliphatic rings. The van der Waals surface area contributed by atoms with Crippen molar-refractivity contribution in [2.45, 2.75) is 51.4 Å². The molecular formula is C18H21F3N2O3. The van der Waals surface area contributed by atoms with E-state index < -0.39 is 30.3 Å². The molecule has 3 rings (SSSR count). The van der Waals surface area contributed by atoms with Gasteiger partial charge in [0, 0.05) is 5.71 Å². The van der Waals surface area contributed by atoms with Crippen LogP contribution in [0.1, 0.15) is 36.8 Å². The number of halogens is 3. The number of ether oxygens (including phenoxy) is 1. The number of fused-ring (bicyclic) bond motifs is 1. The van der Waals surface area contributed by atoms with Crippen LogP contribution in [0.25, 0.3) is 0 Å². The molecule has 26 heavy (non-hydrogen) atoms. The van der Waals surface area contributed by atoms with Crippen LogP contribution < -0.4 is 4.74 Å². The zero-order valence-corrected chi connectivity index (χ0v) is 14.6. The van der Waals surface area contributed by atoms with Crippen molar-refractivity contribution in [3.63, 3.8) is 0 Å². The van der Waals surface area contributed by atoms with Crippen LogP contribution in [0.2, 0.25) is 0 Å². The number of benzene rings is 1. The van der Waals surface area contributed by atoms with Crippen LogP contribution in [0.3, 0.4) is 0 Å². The maximum absolute atomic E-state index is 13.6. The number of hydrogen-bond acceptors (Lipinski definition) is 4. The van der Waals surface area contributed by atoms with E-state index in [1.54, 1.807) is 18.2 Å². The van der Waals surface area contributed by atoms with Gasteiger partial charge >= 0.3 is 6.18 Å². The van der Waals surface area contributed by atoms with Gasteiger partial charge in [-0.3, -0.25) is 4.79 Å². The summed E-state index contributed by atoms with van der Waals surface area (Å²) in [4.78, 5) is 12.4.